The molecular formula is C15H24N2O. The van der Waals surface area contributed by atoms with Gasteiger partial charge in [0.1, 0.15) is 0 Å². The van der Waals surface area contributed by atoms with Crippen LogP contribution in [0.5, 0.6) is 0 Å². The van der Waals surface area contributed by atoms with Gasteiger partial charge in [-0.1, -0.05) is 17.7 Å². The smallest absolute Gasteiger partial charge is 0.0633 e. The van der Waals surface area contributed by atoms with Gasteiger partial charge in [-0.15, -0.1) is 0 Å². The standard InChI is InChI=1S/C15H24N2O/c1-12-6-7-15-13(9-12)5-4-8-17(15)10-14(16-2)11-18-3/h6-7,9,14,16H,4-5,8,10-11H2,1-3H3. The third-order valence-corrected chi connectivity index (χ3v) is 3.67. The number of fused-ring (bicyclic) bond motifs is 1. The van der Waals surface area contributed by atoms with Crippen LogP contribution in [0.4, 0.5) is 5.69 Å². The lowest BCUT2D eigenvalue weighted by atomic mass is 9.99. The first-order valence-corrected chi connectivity index (χ1v) is 6.75. The summed E-state index contributed by atoms with van der Waals surface area (Å²) in [6.07, 6.45) is 2.46. The molecule has 0 fully saturated rings. The van der Waals surface area contributed by atoms with Gasteiger partial charge in [-0.3, -0.25) is 0 Å². The quantitative estimate of drug-likeness (QED) is 0.862. The fourth-order valence-electron chi connectivity index (χ4n) is 2.69. The van der Waals surface area contributed by atoms with E-state index in [4.69, 9.17) is 4.74 Å². The Kier molecular flexibility index (Phi) is 4.61. The van der Waals surface area contributed by atoms with Gasteiger partial charge >= 0.3 is 0 Å². The molecule has 0 saturated carbocycles. The van der Waals surface area contributed by atoms with E-state index in [0.717, 1.165) is 19.7 Å². The second-order valence-corrected chi connectivity index (χ2v) is 5.12. The van der Waals surface area contributed by atoms with Gasteiger partial charge in [0, 0.05) is 31.9 Å². The van der Waals surface area contributed by atoms with Crippen molar-refractivity contribution in [2.45, 2.75) is 25.8 Å². The number of hydrogen-bond acceptors (Lipinski definition) is 3. The van der Waals surface area contributed by atoms with Crippen molar-refractivity contribution in [3.63, 3.8) is 0 Å². The molecule has 1 atom stereocenters. The highest BCUT2D eigenvalue weighted by molar-refractivity contribution is 5.56. The molecule has 1 aliphatic heterocycles. The lowest BCUT2D eigenvalue weighted by Crippen LogP contribution is -2.44. The summed E-state index contributed by atoms with van der Waals surface area (Å²) in [6.45, 7) is 5.09. The van der Waals surface area contributed by atoms with Crippen LogP contribution >= 0.6 is 0 Å². The van der Waals surface area contributed by atoms with Crippen LogP contribution in [0, 0.1) is 6.92 Å². The van der Waals surface area contributed by atoms with E-state index in [2.05, 4.69) is 35.3 Å². The molecule has 18 heavy (non-hydrogen) atoms. The lowest BCUT2D eigenvalue weighted by Gasteiger charge is -2.34. The van der Waals surface area contributed by atoms with Crippen molar-refractivity contribution in [2.75, 3.05) is 38.8 Å². The van der Waals surface area contributed by atoms with Crippen molar-refractivity contribution >= 4 is 5.69 Å². The van der Waals surface area contributed by atoms with E-state index in [0.29, 0.717) is 6.04 Å². The molecule has 2 rings (SSSR count). The predicted molar refractivity (Wildman–Crippen MR) is 76.4 cm³/mol. The van der Waals surface area contributed by atoms with Crippen LogP contribution in [-0.4, -0.2) is 39.9 Å². The first kappa shape index (κ1) is 13.4. The summed E-state index contributed by atoms with van der Waals surface area (Å²) in [6, 6.07) is 7.19. The molecule has 0 aliphatic carbocycles. The second kappa shape index (κ2) is 6.21. The number of aryl methyl sites for hydroxylation is 2. The number of ether oxygens (including phenoxy) is 1. The molecule has 1 heterocycles. The summed E-state index contributed by atoms with van der Waals surface area (Å²) in [5.41, 5.74) is 4.26. The first-order valence-electron chi connectivity index (χ1n) is 6.75. The average Bonchev–Trinajstić information content (AvgIpc) is 2.38. The Hall–Kier alpha value is -1.06. The van der Waals surface area contributed by atoms with Crippen LogP contribution in [0.1, 0.15) is 17.5 Å². The van der Waals surface area contributed by atoms with Gasteiger partial charge in [0.15, 0.2) is 0 Å². The van der Waals surface area contributed by atoms with Crippen LogP contribution in [0.2, 0.25) is 0 Å². The average molecular weight is 248 g/mol. The molecule has 0 spiro atoms. The summed E-state index contributed by atoms with van der Waals surface area (Å²) in [5.74, 6) is 0. The molecule has 1 N–H and O–H groups in total. The molecule has 1 aromatic rings. The van der Waals surface area contributed by atoms with Gasteiger partial charge in [-0.05, 0) is 38.4 Å². The van der Waals surface area contributed by atoms with Crippen LogP contribution in [0.15, 0.2) is 18.2 Å². The molecule has 1 unspecified atom stereocenters. The molecule has 0 amide bonds. The van der Waals surface area contributed by atoms with Crippen molar-refractivity contribution < 1.29 is 4.74 Å². The van der Waals surface area contributed by atoms with E-state index in [9.17, 15) is 0 Å². The molecule has 0 bridgehead atoms. The summed E-state index contributed by atoms with van der Waals surface area (Å²) in [4.78, 5) is 2.48. The summed E-state index contributed by atoms with van der Waals surface area (Å²) in [7, 11) is 3.77. The zero-order valence-corrected chi connectivity index (χ0v) is 11.7. The summed E-state index contributed by atoms with van der Waals surface area (Å²) < 4.78 is 5.25. The Morgan fingerprint density at radius 2 is 2.28 bits per heavy atom. The Morgan fingerprint density at radius 1 is 1.44 bits per heavy atom. The molecule has 1 aliphatic rings. The zero-order valence-electron chi connectivity index (χ0n) is 11.7. The van der Waals surface area contributed by atoms with Crippen molar-refractivity contribution in [2.24, 2.45) is 0 Å². The molecule has 0 aromatic heterocycles. The number of rotatable bonds is 5. The van der Waals surface area contributed by atoms with Crippen LogP contribution < -0.4 is 10.2 Å². The third-order valence-electron chi connectivity index (χ3n) is 3.67. The van der Waals surface area contributed by atoms with E-state index in [1.54, 1.807) is 7.11 Å². The molecule has 3 heteroatoms. The number of nitrogens with zero attached hydrogens (tertiary/aromatic N) is 1. The van der Waals surface area contributed by atoms with Crippen molar-refractivity contribution in [3.05, 3.63) is 29.3 Å². The van der Waals surface area contributed by atoms with Crippen molar-refractivity contribution in [1.29, 1.82) is 0 Å². The monoisotopic (exact) mass is 248 g/mol. The molecule has 100 valence electrons. The zero-order chi connectivity index (χ0) is 13.0. The van der Waals surface area contributed by atoms with E-state index in [1.807, 2.05) is 7.05 Å². The highest BCUT2D eigenvalue weighted by Gasteiger charge is 2.19. The maximum absolute atomic E-state index is 5.25. The normalized spacial score (nSPS) is 16.5. The van der Waals surface area contributed by atoms with E-state index >= 15 is 0 Å². The molecular weight excluding hydrogens is 224 g/mol. The Morgan fingerprint density at radius 3 is 3.00 bits per heavy atom. The van der Waals surface area contributed by atoms with Gasteiger partial charge in [0.25, 0.3) is 0 Å². The van der Waals surface area contributed by atoms with Gasteiger partial charge in [-0.25, -0.2) is 0 Å². The number of nitrogens with one attached hydrogen (secondary N) is 1. The van der Waals surface area contributed by atoms with E-state index < -0.39 is 0 Å². The van der Waals surface area contributed by atoms with E-state index in [-0.39, 0.29) is 0 Å². The number of benzene rings is 1. The minimum absolute atomic E-state index is 0.391. The minimum atomic E-state index is 0.391. The van der Waals surface area contributed by atoms with Crippen LogP contribution in [0.3, 0.4) is 0 Å². The maximum Gasteiger partial charge on any atom is 0.0633 e. The lowest BCUT2D eigenvalue weighted by molar-refractivity contribution is 0.171. The Balaban J connectivity index is 2.12. The minimum Gasteiger partial charge on any atom is -0.383 e. The van der Waals surface area contributed by atoms with E-state index in [1.165, 1.54) is 29.7 Å². The first-order chi connectivity index (χ1) is 8.74. The number of hydrogen-bond donors (Lipinski definition) is 1. The molecule has 3 nitrogen and oxygen atoms in total. The summed E-state index contributed by atoms with van der Waals surface area (Å²) in [5, 5.41) is 3.33. The van der Waals surface area contributed by atoms with Gasteiger partial charge in [0.05, 0.1) is 6.61 Å². The largest absolute Gasteiger partial charge is 0.383 e. The third kappa shape index (κ3) is 3.03. The number of likely N-dealkylation sites (N-methyl/N-ethyl adjacent to an activating group) is 1. The SMILES string of the molecule is CNC(COC)CN1CCCc2cc(C)ccc21. The van der Waals surface area contributed by atoms with Gasteiger partial charge in [-0.2, -0.15) is 0 Å². The summed E-state index contributed by atoms with van der Waals surface area (Å²) >= 11 is 0. The molecule has 0 saturated heterocycles. The Bertz CT molecular complexity index is 392. The van der Waals surface area contributed by atoms with Gasteiger partial charge in [0.2, 0.25) is 0 Å². The topological polar surface area (TPSA) is 24.5 Å². The predicted octanol–water partition coefficient (Wildman–Crippen LogP) is 1.98. The van der Waals surface area contributed by atoms with Crippen molar-refractivity contribution in [1.82, 2.24) is 5.32 Å². The number of methoxy groups -OCH3 is 1. The van der Waals surface area contributed by atoms with Crippen LogP contribution in [0.25, 0.3) is 0 Å². The van der Waals surface area contributed by atoms with Crippen molar-refractivity contribution in [3.8, 4) is 0 Å². The van der Waals surface area contributed by atoms with Crippen LogP contribution in [-0.2, 0) is 11.2 Å². The Labute approximate surface area is 110 Å². The van der Waals surface area contributed by atoms with Gasteiger partial charge < -0.3 is 15.0 Å². The fourth-order valence-corrected chi connectivity index (χ4v) is 2.69. The molecule has 0 radical (unpaired) electrons. The molecule has 1 aromatic carbocycles. The highest BCUT2D eigenvalue weighted by Crippen LogP contribution is 2.27. The number of anilines is 1. The fraction of sp³-hybridized carbons (Fsp3) is 0.600. The highest BCUT2D eigenvalue weighted by atomic mass is 16.5. The second-order valence-electron chi connectivity index (χ2n) is 5.12. The maximum atomic E-state index is 5.25.